The van der Waals surface area contributed by atoms with Crippen LogP contribution in [0.2, 0.25) is 0 Å². The van der Waals surface area contributed by atoms with Crippen LogP contribution in [0.25, 0.3) is 16.6 Å². The molecular weight excluding hydrogens is 394 g/mol. The molecule has 0 unspecified atom stereocenters. The fourth-order valence-corrected chi connectivity index (χ4v) is 3.24. The minimum atomic E-state index is -0.826. The van der Waals surface area contributed by atoms with Gasteiger partial charge in [-0.3, -0.25) is 15.1 Å². The van der Waals surface area contributed by atoms with E-state index in [1.54, 1.807) is 41.5 Å². The Bertz CT molecular complexity index is 1240. The van der Waals surface area contributed by atoms with E-state index in [4.69, 9.17) is 0 Å². The van der Waals surface area contributed by atoms with Gasteiger partial charge < -0.3 is 10.6 Å². The van der Waals surface area contributed by atoms with Crippen LogP contribution in [0.4, 0.5) is 10.6 Å². The predicted molar refractivity (Wildman–Crippen MR) is 117 cm³/mol. The van der Waals surface area contributed by atoms with Crippen LogP contribution in [0, 0.1) is 6.92 Å². The number of fused-ring (bicyclic) bond motifs is 1. The first-order valence-corrected chi connectivity index (χ1v) is 9.66. The molecule has 4 rings (SSSR count). The SMILES string of the molecule is CNC(=O)[C@@H](NC(=O)Nc1cc2cnn(-c3ccnc(C)c3)c2cn1)c1ccccc1. The van der Waals surface area contributed by atoms with Crippen molar-refractivity contribution in [3.63, 3.8) is 0 Å². The summed E-state index contributed by atoms with van der Waals surface area (Å²) in [6.45, 7) is 1.91. The number of benzene rings is 1. The first-order valence-electron chi connectivity index (χ1n) is 9.66. The molecule has 4 aromatic rings. The maximum Gasteiger partial charge on any atom is 0.321 e. The van der Waals surface area contributed by atoms with E-state index in [0.717, 1.165) is 22.3 Å². The average molecular weight is 415 g/mol. The summed E-state index contributed by atoms with van der Waals surface area (Å²) < 4.78 is 1.76. The van der Waals surface area contributed by atoms with E-state index >= 15 is 0 Å². The third kappa shape index (κ3) is 4.35. The van der Waals surface area contributed by atoms with Gasteiger partial charge >= 0.3 is 6.03 Å². The average Bonchev–Trinajstić information content (AvgIpc) is 3.21. The van der Waals surface area contributed by atoms with E-state index in [1.807, 2.05) is 37.3 Å². The van der Waals surface area contributed by atoms with Gasteiger partial charge in [0.25, 0.3) is 0 Å². The lowest BCUT2D eigenvalue weighted by atomic mass is 10.1. The van der Waals surface area contributed by atoms with Crippen molar-refractivity contribution < 1.29 is 9.59 Å². The highest BCUT2D eigenvalue weighted by Crippen LogP contribution is 2.20. The van der Waals surface area contributed by atoms with Gasteiger partial charge in [0.2, 0.25) is 5.91 Å². The van der Waals surface area contributed by atoms with E-state index in [0.29, 0.717) is 11.4 Å². The van der Waals surface area contributed by atoms with Gasteiger partial charge in [-0.2, -0.15) is 5.10 Å². The number of hydrogen-bond donors (Lipinski definition) is 3. The number of aromatic nitrogens is 4. The lowest BCUT2D eigenvalue weighted by molar-refractivity contribution is -0.122. The van der Waals surface area contributed by atoms with Crippen LogP contribution >= 0.6 is 0 Å². The Morgan fingerprint density at radius 1 is 1.03 bits per heavy atom. The molecule has 0 spiro atoms. The van der Waals surface area contributed by atoms with Gasteiger partial charge in [-0.25, -0.2) is 14.5 Å². The summed E-state index contributed by atoms with van der Waals surface area (Å²) in [5.41, 5.74) is 3.23. The quantitative estimate of drug-likeness (QED) is 0.464. The maximum absolute atomic E-state index is 12.5. The number of rotatable bonds is 5. The topological polar surface area (TPSA) is 114 Å². The Hall–Kier alpha value is -4.27. The largest absolute Gasteiger partial charge is 0.357 e. The highest BCUT2D eigenvalue weighted by molar-refractivity contribution is 5.95. The molecule has 0 aliphatic carbocycles. The van der Waals surface area contributed by atoms with E-state index in [-0.39, 0.29) is 5.91 Å². The number of pyridine rings is 2. The summed E-state index contributed by atoms with van der Waals surface area (Å²) in [5.74, 6) is 0.0258. The monoisotopic (exact) mass is 415 g/mol. The van der Waals surface area contributed by atoms with Crippen molar-refractivity contribution in [2.24, 2.45) is 0 Å². The Balaban J connectivity index is 1.53. The fourth-order valence-electron chi connectivity index (χ4n) is 3.24. The molecule has 1 atom stereocenters. The number of urea groups is 1. The van der Waals surface area contributed by atoms with Crippen molar-refractivity contribution in [3.8, 4) is 5.69 Å². The summed E-state index contributed by atoms with van der Waals surface area (Å²) in [7, 11) is 1.52. The number of nitrogens with one attached hydrogen (secondary N) is 3. The second-order valence-corrected chi connectivity index (χ2v) is 6.90. The molecule has 3 aromatic heterocycles. The highest BCUT2D eigenvalue weighted by atomic mass is 16.2. The standard InChI is InChI=1S/C22H21N7O2/c1-14-10-17(8-9-24-14)29-18-13-25-19(11-16(18)12-26-29)27-22(31)28-20(21(30)23-2)15-6-4-3-5-7-15/h3-13,20H,1-2H3,(H,23,30)(H2,25,27,28,31)/t20-/m0/s1. The van der Waals surface area contributed by atoms with Gasteiger partial charge in [0.1, 0.15) is 11.9 Å². The Morgan fingerprint density at radius 3 is 2.58 bits per heavy atom. The first-order chi connectivity index (χ1) is 15.0. The third-order valence-corrected chi connectivity index (χ3v) is 4.74. The number of anilines is 1. The van der Waals surface area contributed by atoms with Crippen LogP contribution < -0.4 is 16.0 Å². The highest BCUT2D eigenvalue weighted by Gasteiger charge is 2.21. The van der Waals surface area contributed by atoms with Gasteiger partial charge in [-0.15, -0.1) is 0 Å². The molecule has 1 aromatic carbocycles. The summed E-state index contributed by atoms with van der Waals surface area (Å²) in [6, 6.07) is 13.2. The van der Waals surface area contributed by atoms with E-state index in [1.165, 1.54) is 7.05 Å². The zero-order valence-corrected chi connectivity index (χ0v) is 17.0. The maximum atomic E-state index is 12.5. The lowest BCUT2D eigenvalue weighted by Crippen LogP contribution is -2.41. The molecule has 3 heterocycles. The number of carbonyl (C=O) groups excluding carboxylic acids is 2. The van der Waals surface area contributed by atoms with Crippen LogP contribution in [0.15, 0.2) is 67.1 Å². The Labute approximate surface area is 178 Å². The number of carbonyl (C=O) groups is 2. The molecule has 31 heavy (non-hydrogen) atoms. The molecule has 3 N–H and O–H groups in total. The number of amides is 3. The third-order valence-electron chi connectivity index (χ3n) is 4.74. The van der Waals surface area contributed by atoms with Gasteiger partial charge in [0.05, 0.1) is 23.6 Å². The summed E-state index contributed by atoms with van der Waals surface area (Å²) in [4.78, 5) is 33.3. The first kappa shape index (κ1) is 20.0. The van der Waals surface area contributed by atoms with Crippen LogP contribution in [0.3, 0.4) is 0 Å². The minimum absolute atomic E-state index is 0.321. The summed E-state index contributed by atoms with van der Waals surface area (Å²) >= 11 is 0. The van der Waals surface area contributed by atoms with Gasteiger partial charge in [-0.1, -0.05) is 30.3 Å². The molecule has 0 aliphatic heterocycles. The zero-order valence-electron chi connectivity index (χ0n) is 17.0. The van der Waals surface area contributed by atoms with Crippen LogP contribution in [0.1, 0.15) is 17.3 Å². The zero-order chi connectivity index (χ0) is 21.8. The molecule has 0 saturated heterocycles. The van der Waals surface area contributed by atoms with Crippen molar-refractivity contribution >= 4 is 28.7 Å². The van der Waals surface area contributed by atoms with Crippen molar-refractivity contribution in [1.29, 1.82) is 0 Å². The minimum Gasteiger partial charge on any atom is -0.357 e. The lowest BCUT2D eigenvalue weighted by Gasteiger charge is -2.18. The van der Waals surface area contributed by atoms with Gasteiger partial charge in [0, 0.05) is 24.3 Å². The van der Waals surface area contributed by atoms with Crippen molar-refractivity contribution in [2.45, 2.75) is 13.0 Å². The summed E-state index contributed by atoms with van der Waals surface area (Å²) in [5, 5.41) is 13.2. The Morgan fingerprint density at radius 2 is 1.84 bits per heavy atom. The van der Waals surface area contributed by atoms with Crippen LogP contribution in [-0.2, 0) is 4.79 Å². The van der Waals surface area contributed by atoms with E-state index < -0.39 is 12.1 Å². The molecule has 0 fully saturated rings. The number of aryl methyl sites for hydroxylation is 1. The smallest absolute Gasteiger partial charge is 0.321 e. The fraction of sp³-hybridized carbons (Fsp3) is 0.136. The molecule has 9 heteroatoms. The predicted octanol–water partition coefficient (Wildman–Crippen LogP) is 2.73. The number of nitrogens with zero attached hydrogens (tertiary/aromatic N) is 4. The molecule has 0 radical (unpaired) electrons. The van der Waals surface area contributed by atoms with Crippen molar-refractivity contribution in [2.75, 3.05) is 12.4 Å². The molecule has 0 saturated carbocycles. The van der Waals surface area contributed by atoms with Gasteiger partial charge in [-0.05, 0) is 30.7 Å². The molecule has 9 nitrogen and oxygen atoms in total. The summed E-state index contributed by atoms with van der Waals surface area (Å²) in [6.07, 6.45) is 5.07. The number of hydrogen-bond acceptors (Lipinski definition) is 5. The van der Waals surface area contributed by atoms with E-state index in [2.05, 4.69) is 31.0 Å². The van der Waals surface area contributed by atoms with Crippen molar-refractivity contribution in [3.05, 3.63) is 78.4 Å². The van der Waals surface area contributed by atoms with Crippen LogP contribution in [-0.4, -0.2) is 38.7 Å². The number of likely N-dealkylation sites (N-methyl/N-ethyl adjacent to an activating group) is 1. The van der Waals surface area contributed by atoms with Crippen LogP contribution in [0.5, 0.6) is 0 Å². The van der Waals surface area contributed by atoms with Gasteiger partial charge in [0.15, 0.2) is 0 Å². The Kier molecular flexibility index (Phi) is 5.57. The molecule has 0 bridgehead atoms. The second kappa shape index (κ2) is 8.62. The second-order valence-electron chi connectivity index (χ2n) is 6.90. The van der Waals surface area contributed by atoms with E-state index in [9.17, 15) is 9.59 Å². The molecule has 156 valence electrons. The molecular formula is C22H21N7O2. The molecule has 0 aliphatic rings. The molecule has 3 amide bonds. The van der Waals surface area contributed by atoms with Crippen molar-refractivity contribution in [1.82, 2.24) is 30.4 Å². The normalized spacial score (nSPS) is 11.7.